The molecule has 4 heteroatoms. The summed E-state index contributed by atoms with van der Waals surface area (Å²) < 4.78 is 0. The number of hydrogen-bond acceptors (Lipinski definition) is 2. The maximum Gasteiger partial charge on any atom is 0.236 e. The van der Waals surface area contributed by atoms with Crippen molar-refractivity contribution in [2.24, 2.45) is 0 Å². The molecule has 0 aromatic heterocycles. The molecule has 0 unspecified atom stereocenters. The second kappa shape index (κ2) is 12.1. The summed E-state index contributed by atoms with van der Waals surface area (Å²) in [6, 6.07) is 44.6. The lowest BCUT2D eigenvalue weighted by Gasteiger charge is -2.20. The molecule has 0 atom stereocenters. The molecule has 0 radical (unpaired) electrons. The molecule has 0 saturated carbocycles. The Labute approximate surface area is 229 Å². The second-order valence-corrected chi connectivity index (χ2v) is 9.52. The van der Waals surface area contributed by atoms with Crippen molar-refractivity contribution >= 4 is 23.2 Å². The van der Waals surface area contributed by atoms with Crippen LogP contribution in [0.2, 0.25) is 0 Å². The van der Waals surface area contributed by atoms with Crippen LogP contribution >= 0.6 is 0 Å². The van der Waals surface area contributed by atoms with Crippen LogP contribution in [0.25, 0.3) is 0 Å². The molecule has 39 heavy (non-hydrogen) atoms. The maximum absolute atomic E-state index is 13.7. The molecular weight excluding hydrogens is 480 g/mol. The number of rotatable bonds is 8. The van der Waals surface area contributed by atoms with Crippen LogP contribution in [0.1, 0.15) is 39.7 Å². The summed E-state index contributed by atoms with van der Waals surface area (Å²) in [5, 5.41) is 6.21. The Morgan fingerprint density at radius 1 is 0.487 bits per heavy atom. The number of carbonyl (C=O) groups excluding carboxylic acids is 2. The molecular formula is C35H30N2O2. The first-order chi connectivity index (χ1) is 19.1. The van der Waals surface area contributed by atoms with E-state index in [4.69, 9.17) is 0 Å². The highest BCUT2D eigenvalue weighted by molar-refractivity contribution is 6.01. The predicted molar refractivity (Wildman–Crippen MR) is 158 cm³/mol. The molecule has 0 fully saturated rings. The van der Waals surface area contributed by atoms with Gasteiger partial charge in [0.25, 0.3) is 0 Å². The maximum atomic E-state index is 13.7. The van der Waals surface area contributed by atoms with Gasteiger partial charge in [-0.15, -0.1) is 0 Å². The van der Waals surface area contributed by atoms with E-state index in [1.807, 2.05) is 146 Å². The van der Waals surface area contributed by atoms with Crippen LogP contribution in [0, 0.1) is 6.92 Å². The third-order valence-electron chi connectivity index (χ3n) is 6.82. The molecule has 5 rings (SSSR count). The number of nitrogens with one attached hydrogen (secondary N) is 2. The van der Waals surface area contributed by atoms with Crippen molar-refractivity contribution in [3.63, 3.8) is 0 Å². The van der Waals surface area contributed by atoms with Gasteiger partial charge in [-0.25, -0.2) is 0 Å². The lowest BCUT2D eigenvalue weighted by atomic mass is 9.90. The van der Waals surface area contributed by atoms with E-state index in [-0.39, 0.29) is 11.8 Å². The summed E-state index contributed by atoms with van der Waals surface area (Å²) in [5.41, 5.74) is 5.84. The molecule has 0 aliphatic carbocycles. The van der Waals surface area contributed by atoms with E-state index in [0.717, 1.165) is 27.8 Å². The van der Waals surface area contributed by atoms with E-state index in [0.29, 0.717) is 11.4 Å². The van der Waals surface area contributed by atoms with Gasteiger partial charge in [0.15, 0.2) is 0 Å². The minimum Gasteiger partial charge on any atom is -0.325 e. The Kier molecular flexibility index (Phi) is 7.94. The summed E-state index contributed by atoms with van der Waals surface area (Å²) in [5.74, 6) is -1.21. The van der Waals surface area contributed by atoms with E-state index < -0.39 is 11.8 Å². The minimum absolute atomic E-state index is 0.134. The average molecular weight is 511 g/mol. The molecule has 4 nitrogen and oxygen atoms in total. The smallest absolute Gasteiger partial charge is 0.236 e. The largest absolute Gasteiger partial charge is 0.325 e. The molecule has 192 valence electrons. The monoisotopic (exact) mass is 510 g/mol. The van der Waals surface area contributed by atoms with Gasteiger partial charge in [-0.2, -0.15) is 0 Å². The van der Waals surface area contributed by atoms with Crippen molar-refractivity contribution in [1.82, 2.24) is 0 Å². The van der Waals surface area contributed by atoms with Gasteiger partial charge in [-0.1, -0.05) is 127 Å². The third-order valence-corrected chi connectivity index (χ3v) is 6.82. The number of benzene rings is 5. The van der Waals surface area contributed by atoms with Gasteiger partial charge in [0.2, 0.25) is 11.8 Å². The number of anilines is 2. The molecule has 0 heterocycles. The standard InChI is InChI=1S/C35H30N2O2/c1-25-22-23-30(36-34(38)32(26-14-6-2-7-15-26)27-16-8-3-9-17-27)24-31(25)37-35(39)33(28-18-10-4-11-19-28)29-20-12-5-13-21-29/h2-24,32-33H,1H3,(H,36,38)(H,37,39). The van der Waals surface area contributed by atoms with Crippen LogP contribution in [-0.2, 0) is 9.59 Å². The predicted octanol–water partition coefficient (Wildman–Crippen LogP) is 7.54. The Balaban J connectivity index is 1.41. The summed E-state index contributed by atoms with van der Waals surface area (Å²) in [7, 11) is 0. The molecule has 5 aromatic carbocycles. The minimum atomic E-state index is -0.467. The first-order valence-corrected chi connectivity index (χ1v) is 13.0. The molecule has 0 spiro atoms. The topological polar surface area (TPSA) is 58.2 Å². The third kappa shape index (κ3) is 6.13. The van der Waals surface area contributed by atoms with Gasteiger partial charge in [-0.05, 0) is 46.9 Å². The van der Waals surface area contributed by atoms with Gasteiger partial charge in [-0.3, -0.25) is 9.59 Å². The number of carbonyl (C=O) groups is 2. The van der Waals surface area contributed by atoms with Gasteiger partial charge < -0.3 is 10.6 Å². The highest BCUT2D eigenvalue weighted by Crippen LogP contribution is 2.30. The van der Waals surface area contributed by atoms with Gasteiger partial charge in [0.05, 0.1) is 11.8 Å². The van der Waals surface area contributed by atoms with Crippen molar-refractivity contribution in [1.29, 1.82) is 0 Å². The van der Waals surface area contributed by atoms with E-state index in [9.17, 15) is 9.59 Å². The lowest BCUT2D eigenvalue weighted by Crippen LogP contribution is -2.24. The first-order valence-electron chi connectivity index (χ1n) is 13.0. The van der Waals surface area contributed by atoms with Crippen LogP contribution in [0.15, 0.2) is 140 Å². The zero-order valence-electron chi connectivity index (χ0n) is 21.8. The quantitative estimate of drug-likeness (QED) is 0.227. The van der Waals surface area contributed by atoms with Crippen molar-refractivity contribution in [3.05, 3.63) is 167 Å². The van der Waals surface area contributed by atoms with Crippen LogP contribution in [0.5, 0.6) is 0 Å². The number of amides is 2. The van der Waals surface area contributed by atoms with Gasteiger partial charge in [0, 0.05) is 11.4 Å². The molecule has 0 bridgehead atoms. The zero-order valence-corrected chi connectivity index (χ0v) is 21.8. The SMILES string of the molecule is Cc1ccc(NC(=O)C(c2ccccc2)c2ccccc2)cc1NC(=O)C(c1ccccc1)c1ccccc1. The molecule has 2 amide bonds. The van der Waals surface area contributed by atoms with Crippen LogP contribution in [-0.4, -0.2) is 11.8 Å². The fourth-order valence-electron chi connectivity index (χ4n) is 4.83. The Morgan fingerprint density at radius 3 is 1.23 bits per heavy atom. The van der Waals surface area contributed by atoms with Crippen molar-refractivity contribution < 1.29 is 9.59 Å². The van der Waals surface area contributed by atoms with Crippen molar-refractivity contribution in [2.45, 2.75) is 18.8 Å². The normalized spacial score (nSPS) is 10.8. The number of hydrogen-bond donors (Lipinski definition) is 2. The van der Waals surface area contributed by atoms with Crippen molar-refractivity contribution in [3.8, 4) is 0 Å². The second-order valence-electron chi connectivity index (χ2n) is 9.52. The summed E-state index contributed by atoms with van der Waals surface area (Å²) in [4.78, 5) is 27.3. The van der Waals surface area contributed by atoms with Gasteiger partial charge in [0.1, 0.15) is 0 Å². The van der Waals surface area contributed by atoms with E-state index in [2.05, 4.69) is 10.6 Å². The fourth-order valence-corrected chi connectivity index (χ4v) is 4.83. The Hall–Kier alpha value is -4.96. The highest BCUT2D eigenvalue weighted by Gasteiger charge is 2.25. The molecule has 0 saturated heterocycles. The van der Waals surface area contributed by atoms with Crippen molar-refractivity contribution in [2.75, 3.05) is 10.6 Å². The summed E-state index contributed by atoms with van der Waals surface area (Å²) >= 11 is 0. The molecule has 5 aromatic rings. The van der Waals surface area contributed by atoms with Crippen LogP contribution in [0.4, 0.5) is 11.4 Å². The highest BCUT2D eigenvalue weighted by atomic mass is 16.2. The van der Waals surface area contributed by atoms with Crippen LogP contribution in [0.3, 0.4) is 0 Å². The number of aryl methyl sites for hydroxylation is 1. The fraction of sp³-hybridized carbons (Fsp3) is 0.0857. The Bertz CT molecular complexity index is 1460. The molecule has 0 aliphatic rings. The average Bonchev–Trinajstić information content (AvgIpc) is 2.97. The van der Waals surface area contributed by atoms with E-state index >= 15 is 0 Å². The Morgan fingerprint density at radius 2 is 0.846 bits per heavy atom. The van der Waals surface area contributed by atoms with E-state index in [1.165, 1.54) is 0 Å². The molecule has 2 N–H and O–H groups in total. The van der Waals surface area contributed by atoms with Crippen LogP contribution < -0.4 is 10.6 Å². The summed E-state index contributed by atoms with van der Waals surface area (Å²) in [6.45, 7) is 1.94. The zero-order chi connectivity index (χ0) is 27.0. The van der Waals surface area contributed by atoms with E-state index in [1.54, 1.807) is 0 Å². The molecule has 0 aliphatic heterocycles. The van der Waals surface area contributed by atoms with Gasteiger partial charge >= 0.3 is 0 Å². The first kappa shape index (κ1) is 25.7. The lowest BCUT2D eigenvalue weighted by molar-refractivity contribution is -0.117. The summed E-state index contributed by atoms with van der Waals surface area (Å²) in [6.07, 6.45) is 0.